The Bertz CT molecular complexity index is 1100. The smallest absolute Gasteiger partial charge is 0.257 e. The molecule has 1 aromatic carbocycles. The molecule has 2 atom stereocenters. The van der Waals surface area contributed by atoms with E-state index in [4.69, 9.17) is 16.3 Å². The molecule has 0 saturated carbocycles. The summed E-state index contributed by atoms with van der Waals surface area (Å²) >= 11 is 5.78. The molecule has 1 aromatic heterocycles. The van der Waals surface area contributed by atoms with Gasteiger partial charge in [-0.25, -0.2) is 4.39 Å². The molecule has 2 heterocycles. The fraction of sp³-hybridized carbons (Fsp3) is 0.409. The van der Waals surface area contributed by atoms with Gasteiger partial charge in [0.15, 0.2) is 12.0 Å². The largest absolute Gasteiger partial charge is 0.503 e. The van der Waals surface area contributed by atoms with Crippen molar-refractivity contribution in [1.82, 2.24) is 14.8 Å². The maximum absolute atomic E-state index is 13.4. The van der Waals surface area contributed by atoms with E-state index in [-0.39, 0.29) is 23.2 Å². The van der Waals surface area contributed by atoms with Gasteiger partial charge < -0.3 is 24.6 Å². The van der Waals surface area contributed by atoms with Crippen LogP contribution < -0.4 is 10.7 Å². The third-order valence-corrected chi connectivity index (χ3v) is 6.09. The molecule has 8 nitrogen and oxygen atoms in total. The molecule has 1 aliphatic rings. The highest BCUT2D eigenvalue weighted by Crippen LogP contribution is 2.35. The van der Waals surface area contributed by atoms with Gasteiger partial charge in [-0.3, -0.25) is 14.4 Å². The Hall–Kier alpha value is -2.91. The topological polar surface area (TPSA) is 101 Å². The Balaban J connectivity index is 1.98. The van der Waals surface area contributed by atoms with Gasteiger partial charge in [0.25, 0.3) is 5.91 Å². The van der Waals surface area contributed by atoms with Crippen LogP contribution in [0.15, 0.2) is 23.0 Å². The Morgan fingerprint density at radius 1 is 1.50 bits per heavy atom. The average molecular weight is 466 g/mol. The lowest BCUT2D eigenvalue weighted by Crippen LogP contribution is -2.42. The van der Waals surface area contributed by atoms with Crippen molar-refractivity contribution in [3.8, 4) is 5.75 Å². The molecule has 10 heteroatoms. The number of hydrogen-bond donors (Lipinski definition) is 2. The number of methoxy groups -OCH3 is 1. The van der Waals surface area contributed by atoms with Crippen molar-refractivity contribution in [1.29, 1.82) is 0 Å². The van der Waals surface area contributed by atoms with Crippen molar-refractivity contribution < 1.29 is 23.8 Å². The van der Waals surface area contributed by atoms with Crippen molar-refractivity contribution >= 4 is 23.9 Å². The summed E-state index contributed by atoms with van der Waals surface area (Å²) in [5, 5.41) is 13.0. The molecule has 0 bridgehead atoms. The summed E-state index contributed by atoms with van der Waals surface area (Å²) in [5.41, 5.74) is 0.403. The van der Waals surface area contributed by atoms with Gasteiger partial charge in [0.1, 0.15) is 11.4 Å². The second-order valence-electron chi connectivity index (χ2n) is 7.55. The quantitative estimate of drug-likeness (QED) is 0.461. The molecular weight excluding hydrogens is 441 g/mol. The van der Waals surface area contributed by atoms with Gasteiger partial charge in [0.2, 0.25) is 11.8 Å². The van der Waals surface area contributed by atoms with Crippen LogP contribution in [-0.2, 0) is 22.5 Å². The van der Waals surface area contributed by atoms with Crippen LogP contribution in [0, 0.1) is 12.7 Å². The van der Waals surface area contributed by atoms with Crippen molar-refractivity contribution in [3.63, 3.8) is 0 Å². The van der Waals surface area contributed by atoms with Gasteiger partial charge in [0.05, 0.1) is 16.8 Å². The van der Waals surface area contributed by atoms with E-state index in [9.17, 15) is 23.9 Å². The monoisotopic (exact) mass is 465 g/mol. The highest BCUT2D eigenvalue weighted by atomic mass is 35.5. The molecule has 0 aliphatic carbocycles. The van der Waals surface area contributed by atoms with E-state index in [1.807, 2.05) is 6.92 Å². The number of carbonyl (C=O) groups excluding carboxylic acids is 2. The SMILES string of the molecule is CCN(C=O)C(OC)C1CCc2c(C(=O)NCc3ccc(F)c(Cl)c3)c(=O)c(O)c(C)n21. The molecule has 0 fully saturated rings. The predicted octanol–water partition coefficient (Wildman–Crippen LogP) is 2.52. The Morgan fingerprint density at radius 2 is 2.22 bits per heavy atom. The number of halogens is 2. The zero-order chi connectivity index (χ0) is 23.6. The third kappa shape index (κ3) is 4.22. The summed E-state index contributed by atoms with van der Waals surface area (Å²) in [6.07, 6.45) is 0.963. The maximum atomic E-state index is 13.4. The number of pyridine rings is 1. The predicted molar refractivity (Wildman–Crippen MR) is 116 cm³/mol. The van der Waals surface area contributed by atoms with Crippen LogP contribution in [0.5, 0.6) is 5.75 Å². The lowest BCUT2D eigenvalue weighted by molar-refractivity contribution is -0.133. The van der Waals surface area contributed by atoms with Crippen LogP contribution >= 0.6 is 11.6 Å². The van der Waals surface area contributed by atoms with Crippen molar-refractivity contribution in [2.45, 2.75) is 45.5 Å². The Labute approximate surface area is 189 Å². The maximum Gasteiger partial charge on any atom is 0.257 e. The number of hydrogen-bond acceptors (Lipinski definition) is 5. The standard InChI is InChI=1S/C22H25ClFN3O5/c1-4-26(11-28)22(32-3)17-8-7-16-18(20(30)19(29)12(2)27(16)17)21(31)25-10-13-5-6-15(24)14(23)9-13/h5-6,9,11,17,22,29H,4,7-8,10H2,1-3H3,(H,25,31). The molecule has 0 saturated heterocycles. The number of rotatable bonds is 8. The molecular formula is C22H25ClFN3O5. The molecule has 2 unspecified atom stereocenters. The molecule has 0 spiro atoms. The summed E-state index contributed by atoms with van der Waals surface area (Å²) in [6, 6.07) is 3.67. The van der Waals surface area contributed by atoms with E-state index < -0.39 is 29.1 Å². The number of nitrogens with zero attached hydrogens (tertiary/aromatic N) is 2. The van der Waals surface area contributed by atoms with Crippen molar-refractivity contribution in [2.75, 3.05) is 13.7 Å². The Morgan fingerprint density at radius 3 is 2.81 bits per heavy atom. The van der Waals surface area contributed by atoms with Gasteiger partial charge >= 0.3 is 0 Å². The summed E-state index contributed by atoms with van der Waals surface area (Å²) in [4.78, 5) is 38.7. The van der Waals surface area contributed by atoms with Crippen LogP contribution in [-0.4, -0.2) is 46.8 Å². The molecule has 2 aromatic rings. The van der Waals surface area contributed by atoms with Crippen molar-refractivity contribution in [2.24, 2.45) is 0 Å². The van der Waals surface area contributed by atoms with Gasteiger partial charge in [0, 0.05) is 25.9 Å². The van der Waals surface area contributed by atoms with Crippen LogP contribution in [0.1, 0.15) is 46.7 Å². The second kappa shape index (κ2) is 9.70. The molecule has 2 amide bonds. The van der Waals surface area contributed by atoms with Crippen LogP contribution in [0.3, 0.4) is 0 Å². The number of ether oxygens (including phenoxy) is 1. The van der Waals surface area contributed by atoms with Crippen LogP contribution in [0.4, 0.5) is 4.39 Å². The molecule has 172 valence electrons. The molecule has 2 N–H and O–H groups in total. The fourth-order valence-corrected chi connectivity index (χ4v) is 4.41. The van der Waals surface area contributed by atoms with E-state index in [2.05, 4.69) is 5.32 Å². The van der Waals surface area contributed by atoms with Gasteiger partial charge in [-0.15, -0.1) is 0 Å². The zero-order valence-corrected chi connectivity index (χ0v) is 18.8. The minimum atomic E-state index is -0.763. The van der Waals surface area contributed by atoms with E-state index in [1.165, 1.54) is 30.2 Å². The highest BCUT2D eigenvalue weighted by Gasteiger charge is 2.37. The highest BCUT2D eigenvalue weighted by molar-refractivity contribution is 6.30. The first kappa shape index (κ1) is 23.7. The van der Waals surface area contributed by atoms with Gasteiger partial charge in [-0.1, -0.05) is 17.7 Å². The fourth-order valence-electron chi connectivity index (χ4n) is 4.21. The van der Waals surface area contributed by atoms with Crippen molar-refractivity contribution in [3.05, 3.63) is 61.8 Å². The first-order chi connectivity index (χ1) is 15.2. The number of fused-ring (bicyclic) bond motifs is 1. The summed E-state index contributed by atoms with van der Waals surface area (Å²) in [7, 11) is 1.48. The number of amides is 2. The normalized spacial score (nSPS) is 15.8. The lowest BCUT2D eigenvalue weighted by atomic mass is 10.1. The summed E-state index contributed by atoms with van der Waals surface area (Å²) in [5.74, 6) is -1.76. The van der Waals surface area contributed by atoms with Crippen LogP contribution in [0.25, 0.3) is 0 Å². The number of carbonyl (C=O) groups is 2. The average Bonchev–Trinajstić information content (AvgIpc) is 3.20. The number of likely N-dealkylation sites (N-methyl/N-ethyl adjacent to an activating group) is 1. The van der Waals surface area contributed by atoms with Gasteiger partial charge in [-0.05, 0) is 44.4 Å². The van der Waals surface area contributed by atoms with E-state index in [1.54, 1.807) is 11.5 Å². The number of benzene rings is 1. The lowest BCUT2D eigenvalue weighted by Gasteiger charge is -2.33. The molecule has 1 aliphatic heterocycles. The zero-order valence-electron chi connectivity index (χ0n) is 18.0. The first-order valence-corrected chi connectivity index (χ1v) is 10.6. The minimum absolute atomic E-state index is 0.0191. The molecule has 0 radical (unpaired) electrons. The van der Waals surface area contributed by atoms with E-state index in [0.717, 1.165) is 0 Å². The molecule has 32 heavy (non-hydrogen) atoms. The number of aromatic nitrogens is 1. The number of nitrogens with one attached hydrogen (secondary N) is 1. The summed E-state index contributed by atoms with van der Waals surface area (Å²) in [6.45, 7) is 3.83. The minimum Gasteiger partial charge on any atom is -0.503 e. The Kier molecular flexibility index (Phi) is 7.20. The molecule has 3 rings (SSSR count). The van der Waals surface area contributed by atoms with Gasteiger partial charge in [-0.2, -0.15) is 0 Å². The third-order valence-electron chi connectivity index (χ3n) is 5.80. The first-order valence-electron chi connectivity index (χ1n) is 10.2. The number of aromatic hydroxyl groups is 1. The van der Waals surface area contributed by atoms with E-state index >= 15 is 0 Å². The second-order valence-corrected chi connectivity index (χ2v) is 7.96. The van der Waals surface area contributed by atoms with Crippen LogP contribution in [0.2, 0.25) is 5.02 Å². The van der Waals surface area contributed by atoms with E-state index in [0.29, 0.717) is 42.7 Å². The summed E-state index contributed by atoms with van der Waals surface area (Å²) < 4.78 is 20.6.